The molecule has 0 atom stereocenters. The standard InChI is InChI=1S/C20H23ClN2O.C2H6/c1-13-8-9-16(12-19(13)22-15(3)24)23-20(10-5-11-20)17-6-4-7-18(21)14(17)2;1-2/h4,6-9,12,23H,5,10-11H2,1-3H3,(H,22,24);1-2H3. The van der Waals surface area contributed by atoms with Gasteiger partial charge in [0, 0.05) is 23.3 Å². The van der Waals surface area contributed by atoms with Crippen molar-refractivity contribution in [1.82, 2.24) is 0 Å². The molecule has 0 spiro atoms. The van der Waals surface area contributed by atoms with Crippen LogP contribution >= 0.6 is 11.6 Å². The fraction of sp³-hybridized carbons (Fsp3) is 0.409. The summed E-state index contributed by atoms with van der Waals surface area (Å²) in [6.07, 6.45) is 3.36. The van der Waals surface area contributed by atoms with Crippen LogP contribution in [-0.4, -0.2) is 5.91 Å². The third kappa shape index (κ3) is 4.21. The predicted molar refractivity (Wildman–Crippen MR) is 112 cm³/mol. The first-order chi connectivity index (χ1) is 12.4. The van der Waals surface area contributed by atoms with Gasteiger partial charge in [-0.1, -0.05) is 43.6 Å². The highest BCUT2D eigenvalue weighted by molar-refractivity contribution is 6.31. The molecule has 140 valence electrons. The summed E-state index contributed by atoms with van der Waals surface area (Å²) >= 11 is 6.33. The summed E-state index contributed by atoms with van der Waals surface area (Å²) in [5, 5.41) is 7.41. The quantitative estimate of drug-likeness (QED) is 0.648. The SMILES string of the molecule is CC.CC(=O)Nc1cc(NC2(c3cccc(Cl)c3C)CCC2)ccc1C. The third-order valence-corrected chi connectivity index (χ3v) is 5.33. The number of rotatable bonds is 4. The van der Waals surface area contributed by atoms with Gasteiger partial charge >= 0.3 is 0 Å². The van der Waals surface area contributed by atoms with E-state index in [0.717, 1.165) is 40.4 Å². The monoisotopic (exact) mass is 372 g/mol. The van der Waals surface area contributed by atoms with Gasteiger partial charge in [-0.15, -0.1) is 0 Å². The first-order valence-electron chi connectivity index (χ1n) is 9.33. The zero-order valence-corrected chi connectivity index (χ0v) is 17.1. The van der Waals surface area contributed by atoms with Crippen LogP contribution in [0.15, 0.2) is 36.4 Å². The van der Waals surface area contributed by atoms with E-state index in [2.05, 4.69) is 29.7 Å². The van der Waals surface area contributed by atoms with Gasteiger partial charge in [0.05, 0.1) is 5.54 Å². The lowest BCUT2D eigenvalue weighted by atomic mass is 9.70. The smallest absolute Gasteiger partial charge is 0.221 e. The van der Waals surface area contributed by atoms with E-state index < -0.39 is 0 Å². The number of nitrogens with one attached hydrogen (secondary N) is 2. The Labute approximate surface area is 162 Å². The van der Waals surface area contributed by atoms with Crippen molar-refractivity contribution in [2.75, 3.05) is 10.6 Å². The molecular formula is C22H29ClN2O. The molecule has 26 heavy (non-hydrogen) atoms. The Morgan fingerprint density at radius 2 is 1.81 bits per heavy atom. The summed E-state index contributed by atoms with van der Waals surface area (Å²) in [6.45, 7) is 9.61. The molecule has 2 N–H and O–H groups in total. The van der Waals surface area contributed by atoms with E-state index in [1.165, 1.54) is 18.9 Å². The van der Waals surface area contributed by atoms with Crippen LogP contribution in [0.1, 0.15) is 56.7 Å². The lowest BCUT2D eigenvalue weighted by molar-refractivity contribution is -0.114. The Morgan fingerprint density at radius 1 is 1.12 bits per heavy atom. The Morgan fingerprint density at radius 3 is 2.38 bits per heavy atom. The average Bonchev–Trinajstić information content (AvgIpc) is 2.58. The van der Waals surface area contributed by atoms with Crippen molar-refractivity contribution in [3.05, 3.63) is 58.1 Å². The summed E-state index contributed by atoms with van der Waals surface area (Å²) < 4.78 is 0. The van der Waals surface area contributed by atoms with Gasteiger partial charge in [-0.3, -0.25) is 4.79 Å². The van der Waals surface area contributed by atoms with Crippen LogP contribution in [0.5, 0.6) is 0 Å². The van der Waals surface area contributed by atoms with Crippen LogP contribution in [0.3, 0.4) is 0 Å². The molecule has 0 unspecified atom stereocenters. The molecule has 0 saturated heterocycles. The van der Waals surface area contributed by atoms with Crippen molar-refractivity contribution in [2.45, 2.75) is 59.4 Å². The Kier molecular flexibility index (Phi) is 6.71. The highest BCUT2D eigenvalue weighted by Gasteiger charge is 2.40. The van der Waals surface area contributed by atoms with Gasteiger partial charge in [0.25, 0.3) is 0 Å². The van der Waals surface area contributed by atoms with E-state index in [9.17, 15) is 4.79 Å². The van der Waals surface area contributed by atoms with E-state index in [1.54, 1.807) is 0 Å². The molecule has 4 heteroatoms. The average molecular weight is 373 g/mol. The Hall–Kier alpha value is -2.00. The molecule has 3 nitrogen and oxygen atoms in total. The first-order valence-corrected chi connectivity index (χ1v) is 9.71. The maximum Gasteiger partial charge on any atom is 0.221 e. The van der Waals surface area contributed by atoms with E-state index >= 15 is 0 Å². The zero-order chi connectivity index (χ0) is 19.3. The van der Waals surface area contributed by atoms with Gasteiger partial charge in [0.15, 0.2) is 0 Å². The molecule has 0 aromatic heterocycles. The van der Waals surface area contributed by atoms with Gasteiger partial charge < -0.3 is 10.6 Å². The van der Waals surface area contributed by atoms with Crippen LogP contribution in [0.2, 0.25) is 5.02 Å². The molecule has 1 amide bonds. The molecule has 0 bridgehead atoms. The lowest BCUT2D eigenvalue weighted by Crippen LogP contribution is -2.42. The Balaban J connectivity index is 0.00000117. The van der Waals surface area contributed by atoms with Gasteiger partial charge in [0.2, 0.25) is 5.91 Å². The summed E-state index contributed by atoms with van der Waals surface area (Å²) in [5.41, 5.74) is 5.26. The molecule has 1 saturated carbocycles. The van der Waals surface area contributed by atoms with E-state index in [4.69, 9.17) is 11.6 Å². The summed E-state index contributed by atoms with van der Waals surface area (Å²) in [5.74, 6) is -0.0562. The molecule has 1 aliphatic rings. The maximum absolute atomic E-state index is 11.4. The number of halogens is 1. The normalized spacial score (nSPS) is 14.5. The number of hydrogen-bond acceptors (Lipinski definition) is 2. The number of amides is 1. The number of carbonyl (C=O) groups excluding carboxylic acids is 1. The van der Waals surface area contributed by atoms with Gasteiger partial charge in [-0.2, -0.15) is 0 Å². The third-order valence-electron chi connectivity index (χ3n) is 4.92. The minimum Gasteiger partial charge on any atom is -0.375 e. The van der Waals surface area contributed by atoms with Crippen molar-refractivity contribution >= 4 is 28.9 Å². The molecule has 2 aromatic carbocycles. The van der Waals surface area contributed by atoms with Crippen molar-refractivity contribution in [3.63, 3.8) is 0 Å². The molecule has 3 rings (SSSR count). The minimum atomic E-state index is -0.0717. The summed E-state index contributed by atoms with van der Waals surface area (Å²) in [6, 6.07) is 12.2. The molecule has 2 aromatic rings. The summed E-state index contributed by atoms with van der Waals surface area (Å²) in [4.78, 5) is 11.4. The molecule has 1 fully saturated rings. The molecular weight excluding hydrogens is 344 g/mol. The van der Waals surface area contributed by atoms with Gasteiger partial charge in [0.1, 0.15) is 0 Å². The molecule has 0 radical (unpaired) electrons. The highest BCUT2D eigenvalue weighted by atomic mass is 35.5. The predicted octanol–water partition coefficient (Wildman–Crippen LogP) is 6.43. The van der Waals surface area contributed by atoms with Crippen LogP contribution in [0.25, 0.3) is 0 Å². The Bertz CT molecular complexity index is 782. The first kappa shape index (κ1) is 20.3. The maximum atomic E-state index is 11.4. The van der Waals surface area contributed by atoms with Crippen molar-refractivity contribution in [2.24, 2.45) is 0 Å². The van der Waals surface area contributed by atoms with E-state index in [1.807, 2.05) is 45.0 Å². The number of benzene rings is 2. The topological polar surface area (TPSA) is 41.1 Å². The fourth-order valence-corrected chi connectivity index (χ4v) is 3.59. The molecule has 1 aliphatic carbocycles. The lowest BCUT2D eigenvalue weighted by Gasteiger charge is -2.45. The number of carbonyl (C=O) groups is 1. The van der Waals surface area contributed by atoms with Crippen molar-refractivity contribution < 1.29 is 4.79 Å². The van der Waals surface area contributed by atoms with Crippen molar-refractivity contribution in [1.29, 1.82) is 0 Å². The van der Waals surface area contributed by atoms with Gasteiger partial charge in [-0.05, 0) is 68.0 Å². The van der Waals surface area contributed by atoms with Crippen molar-refractivity contribution in [3.8, 4) is 0 Å². The van der Waals surface area contributed by atoms with Crippen LogP contribution in [0.4, 0.5) is 11.4 Å². The number of hydrogen-bond donors (Lipinski definition) is 2. The molecule has 0 heterocycles. The second-order valence-corrected chi connectivity index (χ2v) is 7.09. The summed E-state index contributed by atoms with van der Waals surface area (Å²) in [7, 11) is 0. The number of aryl methyl sites for hydroxylation is 1. The number of anilines is 2. The van der Waals surface area contributed by atoms with Crippen LogP contribution in [0, 0.1) is 13.8 Å². The fourth-order valence-electron chi connectivity index (χ4n) is 3.42. The van der Waals surface area contributed by atoms with E-state index in [0.29, 0.717) is 0 Å². The largest absolute Gasteiger partial charge is 0.375 e. The highest BCUT2D eigenvalue weighted by Crippen LogP contribution is 2.46. The van der Waals surface area contributed by atoms with E-state index in [-0.39, 0.29) is 11.4 Å². The van der Waals surface area contributed by atoms with Crippen LogP contribution in [-0.2, 0) is 10.3 Å². The van der Waals surface area contributed by atoms with Crippen LogP contribution < -0.4 is 10.6 Å². The minimum absolute atomic E-state index is 0.0562. The second-order valence-electron chi connectivity index (χ2n) is 6.68. The second kappa shape index (κ2) is 8.59. The zero-order valence-electron chi connectivity index (χ0n) is 16.4. The molecule has 0 aliphatic heterocycles. The van der Waals surface area contributed by atoms with Gasteiger partial charge in [-0.25, -0.2) is 0 Å².